The Kier molecular flexibility index (Phi) is 32.3. The SMILES string of the molecule is C.C.C.C.COc1cc(CCCl)ccc1O.COc1cc(CCOC(O)CO)ccc1O.OCC(O)O. The van der Waals surface area contributed by atoms with Crippen LogP contribution >= 0.6 is 11.6 Å². The van der Waals surface area contributed by atoms with Gasteiger partial charge in [0.2, 0.25) is 0 Å². The van der Waals surface area contributed by atoms with Crippen LogP contribution < -0.4 is 9.47 Å². The second-order valence-electron chi connectivity index (χ2n) is 6.37. The zero-order valence-electron chi connectivity index (χ0n) is 18.6. The maximum Gasteiger partial charge on any atom is 0.177 e. The average molecular weight is 557 g/mol. The first-order valence-electron chi connectivity index (χ1n) is 9.87. The molecule has 11 heteroatoms. The molecule has 0 aliphatic rings. The fraction of sp³-hybridized carbons (Fsp3) is 0.538. The summed E-state index contributed by atoms with van der Waals surface area (Å²) in [7, 11) is 3.00. The number of phenolic OH excluding ortho intramolecular Hbond substituents is 2. The van der Waals surface area contributed by atoms with Gasteiger partial charge in [-0.25, -0.2) is 0 Å². The number of ether oxygens (including phenoxy) is 3. The number of hydrogen-bond donors (Lipinski definition) is 7. The predicted molar refractivity (Wildman–Crippen MR) is 149 cm³/mol. The van der Waals surface area contributed by atoms with Gasteiger partial charge in [-0.3, -0.25) is 0 Å². The van der Waals surface area contributed by atoms with Crippen molar-refractivity contribution in [1.82, 2.24) is 0 Å². The van der Waals surface area contributed by atoms with Gasteiger partial charge in [0.15, 0.2) is 35.6 Å². The number of aliphatic hydroxyl groups is 5. The molecule has 0 aliphatic carbocycles. The quantitative estimate of drug-likeness (QED) is 0.170. The van der Waals surface area contributed by atoms with Crippen molar-refractivity contribution in [2.75, 3.05) is 39.9 Å². The highest BCUT2D eigenvalue weighted by atomic mass is 35.5. The van der Waals surface area contributed by atoms with Crippen LogP contribution in [0.3, 0.4) is 0 Å². The number of aliphatic hydroxyl groups excluding tert-OH is 4. The van der Waals surface area contributed by atoms with E-state index in [1.54, 1.807) is 24.3 Å². The molecular formula is C26H49ClO10. The van der Waals surface area contributed by atoms with Gasteiger partial charge in [0.1, 0.15) is 0 Å². The highest BCUT2D eigenvalue weighted by molar-refractivity contribution is 6.17. The van der Waals surface area contributed by atoms with Crippen molar-refractivity contribution in [2.45, 2.75) is 55.1 Å². The first-order valence-corrected chi connectivity index (χ1v) is 10.4. The van der Waals surface area contributed by atoms with E-state index in [0.29, 0.717) is 23.8 Å². The van der Waals surface area contributed by atoms with E-state index in [2.05, 4.69) is 0 Å². The van der Waals surface area contributed by atoms with Crippen molar-refractivity contribution < 1.29 is 50.0 Å². The Labute approximate surface area is 227 Å². The Bertz CT molecular complexity index is 775. The van der Waals surface area contributed by atoms with Gasteiger partial charge < -0.3 is 50.0 Å². The maximum absolute atomic E-state index is 9.36. The molecule has 0 radical (unpaired) electrons. The second-order valence-corrected chi connectivity index (χ2v) is 6.75. The van der Waals surface area contributed by atoms with Gasteiger partial charge in [-0.05, 0) is 48.2 Å². The van der Waals surface area contributed by atoms with Crippen LogP contribution in [0.15, 0.2) is 36.4 Å². The molecule has 37 heavy (non-hydrogen) atoms. The summed E-state index contributed by atoms with van der Waals surface area (Å²) in [5, 5.41) is 59.0. The van der Waals surface area contributed by atoms with Crippen LogP contribution in [0.2, 0.25) is 0 Å². The Morgan fingerprint density at radius 1 is 0.730 bits per heavy atom. The Hall–Kier alpha value is -2.31. The molecule has 0 aliphatic heterocycles. The molecule has 0 fully saturated rings. The van der Waals surface area contributed by atoms with Gasteiger partial charge >= 0.3 is 0 Å². The van der Waals surface area contributed by atoms with Gasteiger partial charge in [0, 0.05) is 5.88 Å². The Balaban J connectivity index is -0.000000146. The summed E-state index contributed by atoms with van der Waals surface area (Å²) in [6.07, 6.45) is -1.35. The lowest BCUT2D eigenvalue weighted by atomic mass is 10.1. The van der Waals surface area contributed by atoms with Crippen LogP contribution in [-0.4, -0.2) is 88.2 Å². The highest BCUT2D eigenvalue weighted by Crippen LogP contribution is 2.27. The van der Waals surface area contributed by atoms with Crippen molar-refractivity contribution in [3.8, 4) is 23.0 Å². The van der Waals surface area contributed by atoms with Crippen molar-refractivity contribution in [3.05, 3.63) is 47.5 Å². The molecule has 0 amide bonds. The molecular weight excluding hydrogens is 508 g/mol. The molecule has 1 unspecified atom stereocenters. The lowest BCUT2D eigenvalue weighted by Crippen LogP contribution is -2.17. The zero-order chi connectivity index (χ0) is 25.2. The molecule has 7 N–H and O–H groups in total. The van der Waals surface area contributed by atoms with Gasteiger partial charge in [0.25, 0.3) is 0 Å². The number of rotatable bonds is 10. The zero-order valence-corrected chi connectivity index (χ0v) is 19.4. The van der Waals surface area contributed by atoms with E-state index in [1.165, 1.54) is 20.3 Å². The average Bonchev–Trinajstić information content (AvgIpc) is 2.82. The van der Waals surface area contributed by atoms with Crippen LogP contribution in [0.5, 0.6) is 23.0 Å². The van der Waals surface area contributed by atoms with Crippen LogP contribution in [0.4, 0.5) is 0 Å². The molecule has 220 valence electrons. The minimum Gasteiger partial charge on any atom is -0.504 e. The topological polar surface area (TPSA) is 169 Å². The normalized spacial score (nSPS) is 9.86. The maximum atomic E-state index is 9.36. The lowest BCUT2D eigenvalue weighted by Gasteiger charge is -2.10. The Morgan fingerprint density at radius 3 is 1.46 bits per heavy atom. The summed E-state index contributed by atoms with van der Waals surface area (Å²) in [4.78, 5) is 0. The molecule has 0 saturated heterocycles. The third-order valence-corrected chi connectivity index (χ3v) is 4.08. The van der Waals surface area contributed by atoms with Crippen molar-refractivity contribution in [3.63, 3.8) is 0 Å². The van der Waals surface area contributed by atoms with Gasteiger partial charge in [0.05, 0.1) is 34.0 Å². The van der Waals surface area contributed by atoms with Gasteiger partial charge in [-0.15, -0.1) is 11.6 Å². The van der Waals surface area contributed by atoms with Gasteiger partial charge in [-0.2, -0.15) is 0 Å². The monoisotopic (exact) mass is 556 g/mol. The Morgan fingerprint density at radius 2 is 1.14 bits per heavy atom. The van der Waals surface area contributed by atoms with E-state index < -0.39 is 25.8 Å². The number of methoxy groups -OCH3 is 2. The third-order valence-electron chi connectivity index (χ3n) is 3.89. The second kappa shape index (κ2) is 26.7. The number of hydrogen-bond acceptors (Lipinski definition) is 10. The molecule has 0 bridgehead atoms. The minimum atomic E-state index is -1.56. The molecule has 1 atom stereocenters. The van der Waals surface area contributed by atoms with Gasteiger partial charge in [-0.1, -0.05) is 41.8 Å². The number of halogens is 1. The first kappa shape index (κ1) is 44.7. The number of benzene rings is 2. The number of alkyl halides is 1. The van der Waals surface area contributed by atoms with Crippen LogP contribution in [0.1, 0.15) is 40.8 Å². The summed E-state index contributed by atoms with van der Waals surface area (Å²) in [5.74, 6) is 1.73. The largest absolute Gasteiger partial charge is 0.504 e. The summed E-state index contributed by atoms with van der Waals surface area (Å²) < 4.78 is 14.8. The molecule has 10 nitrogen and oxygen atoms in total. The van der Waals surface area contributed by atoms with E-state index in [4.69, 9.17) is 51.3 Å². The number of aromatic hydroxyl groups is 2. The fourth-order valence-electron chi connectivity index (χ4n) is 2.23. The molecule has 0 aromatic heterocycles. The summed E-state index contributed by atoms with van der Waals surface area (Å²) in [6.45, 7) is -0.714. The predicted octanol–water partition coefficient (Wildman–Crippen LogP) is 3.29. The first-order chi connectivity index (χ1) is 15.7. The van der Waals surface area contributed by atoms with E-state index in [0.717, 1.165) is 17.5 Å². The highest BCUT2D eigenvalue weighted by Gasteiger charge is 2.05. The molecule has 2 aromatic carbocycles. The molecule has 0 spiro atoms. The molecule has 0 saturated carbocycles. The van der Waals surface area contributed by atoms with Crippen molar-refractivity contribution in [1.29, 1.82) is 0 Å². The number of aryl methyl sites for hydroxylation is 1. The van der Waals surface area contributed by atoms with Crippen molar-refractivity contribution >= 4 is 11.6 Å². The summed E-state index contributed by atoms with van der Waals surface area (Å²) in [5.41, 5.74) is 1.99. The van der Waals surface area contributed by atoms with Crippen LogP contribution in [0, 0.1) is 0 Å². The van der Waals surface area contributed by atoms with Crippen LogP contribution in [-0.2, 0) is 17.6 Å². The lowest BCUT2D eigenvalue weighted by molar-refractivity contribution is -0.123. The van der Waals surface area contributed by atoms with Crippen molar-refractivity contribution in [2.24, 2.45) is 0 Å². The third kappa shape index (κ3) is 20.4. The number of phenols is 2. The van der Waals surface area contributed by atoms with E-state index in [1.807, 2.05) is 6.07 Å². The van der Waals surface area contributed by atoms with E-state index in [-0.39, 0.29) is 47.8 Å². The standard InChI is InChI=1S/C11H16O5.C9H11ClO2.C2H6O3.4CH4/c1-15-10-6-8(2-3-9(10)13)4-5-16-11(14)7-12;1-12-9-6-7(4-5-10)2-3-8(9)11;3-1-2(4)5;;;;/h2-3,6,11-14H,4-5,7H2,1H3;2-3,6,11H,4-5H2,1H3;2-5H,1H2;4*1H4. The summed E-state index contributed by atoms with van der Waals surface area (Å²) >= 11 is 5.57. The van der Waals surface area contributed by atoms with E-state index >= 15 is 0 Å². The van der Waals surface area contributed by atoms with E-state index in [9.17, 15) is 10.2 Å². The minimum absolute atomic E-state index is 0. The molecule has 2 rings (SSSR count). The molecule has 2 aromatic rings. The van der Waals surface area contributed by atoms with Crippen LogP contribution in [0.25, 0.3) is 0 Å². The fourth-order valence-corrected chi connectivity index (χ4v) is 2.45. The smallest absolute Gasteiger partial charge is 0.177 e. The summed E-state index contributed by atoms with van der Waals surface area (Å²) in [6, 6.07) is 10.2. The molecule has 0 heterocycles.